The lowest BCUT2D eigenvalue weighted by atomic mass is 10.1. The van der Waals surface area contributed by atoms with E-state index < -0.39 is 0 Å². The fourth-order valence-corrected chi connectivity index (χ4v) is 3.70. The average Bonchev–Trinajstić information content (AvgIpc) is 3.16. The number of carbonyl (C=O) groups excluding carboxylic acids is 1. The van der Waals surface area contributed by atoms with Crippen LogP contribution in [0.4, 0.5) is 11.6 Å². The molecule has 4 rings (SSSR count). The standard InChI is InChI=1S/C22H28N6O2/c1-22(2,3)26-19-20(24-8-7-23-19)27-9-11-28(12-10-27)21(29)17-14-25-18-6-5-15(30-4)13-16(17)18/h5-8,13-14,25H,9-12H2,1-4H3,(H,23,26). The average molecular weight is 409 g/mol. The molecule has 0 saturated carbocycles. The maximum absolute atomic E-state index is 13.2. The second-order valence-corrected chi connectivity index (χ2v) is 8.50. The van der Waals surface area contributed by atoms with E-state index in [1.54, 1.807) is 25.7 Å². The fourth-order valence-electron chi connectivity index (χ4n) is 3.70. The van der Waals surface area contributed by atoms with E-state index in [9.17, 15) is 4.79 Å². The highest BCUT2D eigenvalue weighted by molar-refractivity contribution is 6.07. The smallest absolute Gasteiger partial charge is 0.256 e. The van der Waals surface area contributed by atoms with Crippen LogP contribution in [-0.4, -0.2) is 64.6 Å². The Morgan fingerprint density at radius 1 is 1.13 bits per heavy atom. The van der Waals surface area contributed by atoms with E-state index >= 15 is 0 Å². The van der Waals surface area contributed by atoms with Crippen molar-refractivity contribution in [3.8, 4) is 5.75 Å². The number of carbonyl (C=O) groups is 1. The van der Waals surface area contributed by atoms with Gasteiger partial charge in [0.15, 0.2) is 11.6 Å². The lowest BCUT2D eigenvalue weighted by molar-refractivity contribution is 0.0748. The van der Waals surface area contributed by atoms with Gasteiger partial charge in [-0.1, -0.05) is 0 Å². The molecule has 8 nitrogen and oxygen atoms in total. The Labute approximate surface area is 176 Å². The van der Waals surface area contributed by atoms with Crippen molar-refractivity contribution in [3.05, 3.63) is 42.4 Å². The Bertz CT molecular complexity index is 1050. The summed E-state index contributed by atoms with van der Waals surface area (Å²) in [7, 11) is 1.63. The van der Waals surface area contributed by atoms with Crippen LogP contribution >= 0.6 is 0 Å². The molecule has 8 heteroatoms. The van der Waals surface area contributed by atoms with Crippen LogP contribution in [0.15, 0.2) is 36.8 Å². The van der Waals surface area contributed by atoms with Crippen LogP contribution in [-0.2, 0) is 0 Å². The number of ether oxygens (including phenoxy) is 1. The van der Waals surface area contributed by atoms with E-state index in [4.69, 9.17) is 4.74 Å². The molecular formula is C22H28N6O2. The summed E-state index contributed by atoms with van der Waals surface area (Å²) >= 11 is 0. The van der Waals surface area contributed by atoms with E-state index in [0.717, 1.165) is 28.3 Å². The van der Waals surface area contributed by atoms with Crippen molar-refractivity contribution in [2.75, 3.05) is 43.5 Å². The SMILES string of the molecule is COc1ccc2[nH]cc(C(=O)N3CCN(c4nccnc4NC(C)(C)C)CC3)c2c1. The molecule has 2 aromatic heterocycles. The lowest BCUT2D eigenvalue weighted by Crippen LogP contribution is -2.49. The number of nitrogens with zero attached hydrogens (tertiary/aromatic N) is 4. The van der Waals surface area contributed by atoms with E-state index in [-0.39, 0.29) is 11.4 Å². The van der Waals surface area contributed by atoms with Crippen molar-refractivity contribution in [2.24, 2.45) is 0 Å². The highest BCUT2D eigenvalue weighted by atomic mass is 16.5. The first-order chi connectivity index (χ1) is 14.4. The molecule has 0 radical (unpaired) electrons. The van der Waals surface area contributed by atoms with Crippen LogP contribution in [0.25, 0.3) is 10.9 Å². The van der Waals surface area contributed by atoms with Crippen molar-refractivity contribution >= 4 is 28.4 Å². The highest BCUT2D eigenvalue weighted by Gasteiger charge is 2.27. The number of hydrogen-bond acceptors (Lipinski definition) is 6. The van der Waals surface area contributed by atoms with E-state index in [0.29, 0.717) is 31.7 Å². The quantitative estimate of drug-likeness (QED) is 0.690. The molecule has 0 aliphatic carbocycles. The first-order valence-corrected chi connectivity index (χ1v) is 10.1. The fraction of sp³-hybridized carbons (Fsp3) is 0.409. The zero-order chi connectivity index (χ0) is 21.3. The van der Waals surface area contributed by atoms with Crippen molar-refractivity contribution in [3.63, 3.8) is 0 Å². The van der Waals surface area contributed by atoms with Gasteiger partial charge in [-0.15, -0.1) is 0 Å². The topological polar surface area (TPSA) is 86.4 Å². The third-order valence-corrected chi connectivity index (χ3v) is 5.16. The molecule has 3 heterocycles. The van der Waals surface area contributed by atoms with Crippen LogP contribution in [0.5, 0.6) is 5.75 Å². The molecule has 30 heavy (non-hydrogen) atoms. The number of anilines is 2. The molecular weight excluding hydrogens is 380 g/mol. The molecule has 3 aromatic rings. The minimum atomic E-state index is -0.112. The summed E-state index contributed by atoms with van der Waals surface area (Å²) < 4.78 is 5.32. The van der Waals surface area contributed by atoms with Gasteiger partial charge >= 0.3 is 0 Å². The Hall–Kier alpha value is -3.29. The van der Waals surface area contributed by atoms with Gasteiger partial charge in [-0.3, -0.25) is 4.79 Å². The Morgan fingerprint density at radius 2 is 1.87 bits per heavy atom. The summed E-state index contributed by atoms with van der Waals surface area (Å²) in [5.74, 6) is 2.37. The summed E-state index contributed by atoms with van der Waals surface area (Å²) in [6.45, 7) is 8.95. The molecule has 0 bridgehead atoms. The molecule has 1 saturated heterocycles. The van der Waals surface area contributed by atoms with Gasteiger partial charge in [0.05, 0.1) is 12.7 Å². The lowest BCUT2D eigenvalue weighted by Gasteiger charge is -2.36. The second kappa shape index (κ2) is 7.85. The maximum Gasteiger partial charge on any atom is 0.256 e. The first kappa shape index (κ1) is 20.0. The minimum absolute atomic E-state index is 0.0290. The largest absolute Gasteiger partial charge is 0.497 e. The Morgan fingerprint density at radius 3 is 2.57 bits per heavy atom. The second-order valence-electron chi connectivity index (χ2n) is 8.50. The van der Waals surface area contributed by atoms with Crippen molar-refractivity contribution in [1.82, 2.24) is 19.9 Å². The van der Waals surface area contributed by atoms with Gasteiger partial charge < -0.3 is 24.8 Å². The number of fused-ring (bicyclic) bond motifs is 1. The number of aromatic nitrogens is 3. The zero-order valence-electron chi connectivity index (χ0n) is 17.9. The predicted octanol–water partition coefficient (Wildman–Crippen LogP) is 3.14. The van der Waals surface area contributed by atoms with E-state index in [2.05, 4.69) is 45.9 Å². The summed E-state index contributed by atoms with van der Waals surface area (Å²) in [6.07, 6.45) is 5.19. The van der Waals surface area contributed by atoms with Gasteiger partial charge in [-0.25, -0.2) is 9.97 Å². The van der Waals surface area contributed by atoms with Crippen LogP contribution in [0, 0.1) is 0 Å². The molecule has 1 fully saturated rings. The number of piperazine rings is 1. The molecule has 0 unspecified atom stereocenters. The maximum atomic E-state index is 13.2. The number of methoxy groups -OCH3 is 1. The number of benzene rings is 1. The van der Waals surface area contributed by atoms with E-state index in [1.807, 2.05) is 23.1 Å². The normalized spacial score (nSPS) is 14.8. The number of amides is 1. The van der Waals surface area contributed by atoms with Gasteiger partial charge in [0.1, 0.15) is 5.75 Å². The van der Waals surface area contributed by atoms with Crippen molar-refractivity contribution < 1.29 is 9.53 Å². The van der Waals surface area contributed by atoms with Crippen molar-refractivity contribution in [2.45, 2.75) is 26.3 Å². The number of nitrogens with one attached hydrogen (secondary N) is 2. The van der Waals surface area contributed by atoms with E-state index in [1.165, 1.54) is 0 Å². The Kier molecular flexibility index (Phi) is 5.24. The highest BCUT2D eigenvalue weighted by Crippen LogP contribution is 2.27. The van der Waals surface area contributed by atoms with Crippen LogP contribution in [0.2, 0.25) is 0 Å². The summed E-state index contributed by atoms with van der Waals surface area (Å²) in [5.41, 5.74) is 1.49. The molecule has 1 aliphatic rings. The third kappa shape index (κ3) is 4.03. The van der Waals surface area contributed by atoms with Gasteiger partial charge in [0, 0.05) is 61.2 Å². The molecule has 2 N–H and O–H groups in total. The van der Waals surface area contributed by atoms with Crippen LogP contribution in [0.1, 0.15) is 31.1 Å². The van der Waals surface area contributed by atoms with Gasteiger partial charge in [-0.05, 0) is 39.0 Å². The minimum Gasteiger partial charge on any atom is -0.497 e. The predicted molar refractivity (Wildman–Crippen MR) is 118 cm³/mol. The number of hydrogen-bond donors (Lipinski definition) is 2. The molecule has 1 amide bonds. The Balaban J connectivity index is 1.49. The third-order valence-electron chi connectivity index (χ3n) is 5.16. The molecule has 0 atom stereocenters. The van der Waals surface area contributed by atoms with Gasteiger partial charge in [0.25, 0.3) is 5.91 Å². The summed E-state index contributed by atoms with van der Waals surface area (Å²) in [5, 5.41) is 4.30. The molecule has 1 aliphatic heterocycles. The molecule has 0 spiro atoms. The number of rotatable bonds is 4. The van der Waals surface area contributed by atoms with Gasteiger partial charge in [0.2, 0.25) is 0 Å². The zero-order valence-corrected chi connectivity index (χ0v) is 17.9. The van der Waals surface area contributed by atoms with Gasteiger partial charge in [-0.2, -0.15) is 0 Å². The number of aromatic amines is 1. The van der Waals surface area contributed by atoms with Crippen molar-refractivity contribution in [1.29, 1.82) is 0 Å². The molecule has 1 aromatic carbocycles. The van der Waals surface area contributed by atoms with Crippen LogP contribution < -0.4 is 15.0 Å². The molecule has 158 valence electrons. The first-order valence-electron chi connectivity index (χ1n) is 10.1. The van der Waals surface area contributed by atoms with Crippen LogP contribution in [0.3, 0.4) is 0 Å². The summed E-state index contributed by atoms with van der Waals surface area (Å²) in [6, 6.07) is 5.72. The summed E-state index contributed by atoms with van der Waals surface area (Å²) in [4.78, 5) is 29.5. The number of H-pyrrole nitrogens is 1. The monoisotopic (exact) mass is 408 g/mol.